The van der Waals surface area contributed by atoms with Crippen LogP contribution in [0.1, 0.15) is 17.0 Å². The predicted molar refractivity (Wildman–Crippen MR) is 173 cm³/mol. The van der Waals surface area contributed by atoms with Gasteiger partial charge in [0.15, 0.2) is 0 Å². The molecule has 0 spiro atoms. The number of aromatic nitrogens is 4. The minimum Gasteiger partial charge on any atom is -0.501 e. The normalized spacial score (nSPS) is 10.9. The Morgan fingerprint density at radius 2 is 1.55 bits per heavy atom. The summed E-state index contributed by atoms with van der Waals surface area (Å²) in [6, 6.07) is 42.8. The molecule has 8 rings (SSSR count). The van der Waals surface area contributed by atoms with Crippen molar-refractivity contribution in [1.29, 1.82) is 0 Å². The zero-order valence-corrected chi connectivity index (χ0v) is 26.9. The molecule has 5 nitrogen and oxygen atoms in total. The summed E-state index contributed by atoms with van der Waals surface area (Å²) in [6.07, 6.45) is 1.79. The zero-order chi connectivity index (χ0) is 29.3. The number of pyridine rings is 2. The molecule has 0 aliphatic rings. The van der Waals surface area contributed by atoms with Crippen LogP contribution in [-0.4, -0.2) is 19.5 Å². The maximum absolute atomic E-state index is 6.36. The largest absolute Gasteiger partial charge is 0.501 e. The third-order valence-corrected chi connectivity index (χ3v) is 7.47. The van der Waals surface area contributed by atoms with Crippen molar-refractivity contribution in [2.75, 3.05) is 0 Å². The summed E-state index contributed by atoms with van der Waals surface area (Å²) in [5.74, 6) is 0.806. The summed E-state index contributed by atoms with van der Waals surface area (Å²) in [7, 11) is 0. The number of benzene rings is 4. The number of hydrogen-bond acceptors (Lipinski definition) is 4. The molecule has 0 aliphatic heterocycles. The summed E-state index contributed by atoms with van der Waals surface area (Å²) in [4.78, 5) is 14.0. The van der Waals surface area contributed by atoms with E-state index in [1.54, 1.807) is 6.20 Å². The van der Waals surface area contributed by atoms with E-state index in [-0.39, 0.29) is 20.1 Å². The number of hydrogen-bond donors (Lipinski definition) is 0. The maximum Gasteiger partial charge on any atom is 0.120 e. The van der Waals surface area contributed by atoms with Crippen molar-refractivity contribution in [3.63, 3.8) is 0 Å². The number of fused-ring (bicyclic) bond motifs is 4. The van der Waals surface area contributed by atoms with Gasteiger partial charge in [-0.25, -0.2) is 0 Å². The van der Waals surface area contributed by atoms with Crippen molar-refractivity contribution in [3.8, 4) is 28.3 Å². The fourth-order valence-electron chi connectivity index (χ4n) is 5.60. The van der Waals surface area contributed by atoms with Crippen molar-refractivity contribution in [2.24, 2.45) is 0 Å². The molecule has 0 N–H and O–H groups in total. The second kappa shape index (κ2) is 12.4. The van der Waals surface area contributed by atoms with Gasteiger partial charge in [0, 0.05) is 43.1 Å². The third-order valence-electron chi connectivity index (χ3n) is 7.47. The van der Waals surface area contributed by atoms with Crippen LogP contribution in [0.25, 0.3) is 61.3 Å². The zero-order valence-electron chi connectivity index (χ0n) is 24.5. The molecule has 44 heavy (non-hydrogen) atoms. The summed E-state index contributed by atoms with van der Waals surface area (Å²) in [5.41, 5.74) is 10.6. The van der Waals surface area contributed by atoms with Gasteiger partial charge >= 0.3 is 0 Å². The summed E-state index contributed by atoms with van der Waals surface area (Å²) in [6.45, 7) is 6.14. The van der Waals surface area contributed by atoms with Crippen LogP contribution >= 0.6 is 0 Å². The van der Waals surface area contributed by atoms with Crippen LogP contribution in [0.2, 0.25) is 0 Å². The molecule has 6 heteroatoms. The second-order valence-electron chi connectivity index (χ2n) is 10.5. The third kappa shape index (κ3) is 5.35. The Balaban J connectivity index is 0.000000222. The summed E-state index contributed by atoms with van der Waals surface area (Å²) < 4.78 is 8.53. The Hall–Kier alpha value is -4.90. The molecule has 0 fully saturated rings. The average Bonchev–Trinajstić information content (AvgIpc) is 3.63. The first-order chi connectivity index (χ1) is 21.1. The number of imidazole rings is 1. The minimum absolute atomic E-state index is 0. The Bertz CT molecular complexity index is 2170. The maximum atomic E-state index is 6.36. The van der Waals surface area contributed by atoms with E-state index in [1.807, 2.05) is 105 Å². The summed E-state index contributed by atoms with van der Waals surface area (Å²) in [5, 5.41) is 2.23. The van der Waals surface area contributed by atoms with Crippen molar-refractivity contribution < 1.29 is 24.5 Å². The van der Waals surface area contributed by atoms with Crippen LogP contribution < -0.4 is 0 Å². The SMILES string of the molecule is Cc1cc2nc(-c3[c-]cc(C)c4c3oc3ccccc34)n(-c3ccccc3)c2c(C)n1.[Ir].[c-]1ccccc1-c1ccccn1. The molecule has 0 saturated carbocycles. The molecule has 4 aromatic heterocycles. The fourth-order valence-corrected chi connectivity index (χ4v) is 5.60. The minimum atomic E-state index is 0. The standard InChI is InChI=1S/C27H20N3O.C11H8N.Ir/c1-16-13-14-21(26-24(16)20-11-7-8-12-23(20)31-26)27-29-22-15-17(2)28-18(3)25(22)30(27)19-9-5-4-6-10-19;1-2-6-10(7-3-1)11-8-4-5-9-12-11;/h4-13,15H,1-3H3;1-6,8-9H;/q2*-1;. The topological polar surface area (TPSA) is 56.7 Å². The van der Waals surface area contributed by atoms with Gasteiger partial charge in [-0.3, -0.25) is 9.97 Å². The molecule has 8 aromatic rings. The number of para-hydroxylation sites is 2. The van der Waals surface area contributed by atoms with Crippen LogP contribution in [0.4, 0.5) is 0 Å². The van der Waals surface area contributed by atoms with Gasteiger partial charge in [0.05, 0.1) is 28.1 Å². The molecule has 4 heterocycles. The van der Waals surface area contributed by atoms with Gasteiger partial charge in [0.2, 0.25) is 0 Å². The van der Waals surface area contributed by atoms with Gasteiger partial charge < -0.3 is 14.0 Å². The van der Waals surface area contributed by atoms with E-state index < -0.39 is 0 Å². The Morgan fingerprint density at radius 1 is 0.773 bits per heavy atom. The molecular formula is C38H28IrN4O-2. The van der Waals surface area contributed by atoms with E-state index >= 15 is 0 Å². The molecule has 4 aromatic carbocycles. The second-order valence-corrected chi connectivity index (χ2v) is 10.5. The van der Waals surface area contributed by atoms with Crippen molar-refractivity contribution in [3.05, 3.63) is 144 Å². The van der Waals surface area contributed by atoms with Crippen molar-refractivity contribution in [2.45, 2.75) is 20.8 Å². The van der Waals surface area contributed by atoms with Gasteiger partial charge in [0.1, 0.15) is 5.58 Å². The molecule has 1 radical (unpaired) electrons. The Kier molecular flexibility index (Phi) is 8.21. The molecule has 0 atom stereocenters. The molecular weight excluding hydrogens is 721 g/mol. The van der Waals surface area contributed by atoms with E-state index in [2.05, 4.69) is 46.8 Å². The number of nitrogens with zero attached hydrogens (tertiary/aromatic N) is 4. The number of rotatable bonds is 3. The van der Waals surface area contributed by atoms with Crippen LogP contribution in [0.3, 0.4) is 0 Å². The van der Waals surface area contributed by atoms with E-state index in [4.69, 9.17) is 14.4 Å². The van der Waals surface area contributed by atoms with Gasteiger partial charge in [-0.15, -0.1) is 53.6 Å². The number of furan rings is 1. The van der Waals surface area contributed by atoms with E-state index in [1.165, 1.54) is 0 Å². The van der Waals surface area contributed by atoms with E-state index in [0.717, 1.165) is 78.3 Å². The van der Waals surface area contributed by atoms with Gasteiger partial charge in [0.25, 0.3) is 0 Å². The molecule has 0 unspecified atom stereocenters. The van der Waals surface area contributed by atoms with Crippen LogP contribution in [-0.2, 0) is 20.1 Å². The molecule has 217 valence electrons. The smallest absolute Gasteiger partial charge is 0.120 e. The molecule has 0 saturated heterocycles. The van der Waals surface area contributed by atoms with Crippen molar-refractivity contribution >= 4 is 33.0 Å². The van der Waals surface area contributed by atoms with Gasteiger partial charge in [-0.2, -0.15) is 0 Å². The number of aryl methyl sites for hydroxylation is 3. The Labute approximate surface area is 269 Å². The van der Waals surface area contributed by atoms with E-state index in [9.17, 15) is 0 Å². The quantitative estimate of drug-likeness (QED) is 0.169. The van der Waals surface area contributed by atoms with Gasteiger partial charge in [-0.1, -0.05) is 66.4 Å². The average molecular weight is 749 g/mol. The van der Waals surface area contributed by atoms with Crippen molar-refractivity contribution in [1.82, 2.24) is 19.5 Å². The molecule has 0 bridgehead atoms. The molecule has 0 amide bonds. The van der Waals surface area contributed by atoms with Crippen LogP contribution in [0.5, 0.6) is 0 Å². The van der Waals surface area contributed by atoms with Gasteiger partial charge in [-0.05, 0) is 49.9 Å². The predicted octanol–water partition coefficient (Wildman–Crippen LogP) is 9.26. The first-order valence-corrected chi connectivity index (χ1v) is 14.2. The first-order valence-electron chi connectivity index (χ1n) is 14.2. The monoisotopic (exact) mass is 749 g/mol. The van der Waals surface area contributed by atoms with Crippen LogP contribution in [0, 0.1) is 32.9 Å². The first kappa shape index (κ1) is 29.2. The molecule has 0 aliphatic carbocycles. The summed E-state index contributed by atoms with van der Waals surface area (Å²) >= 11 is 0. The van der Waals surface area contributed by atoms with Crippen LogP contribution in [0.15, 0.2) is 120 Å². The van der Waals surface area contributed by atoms with E-state index in [0.29, 0.717) is 0 Å². The Morgan fingerprint density at radius 3 is 2.32 bits per heavy atom. The fraction of sp³-hybridized carbons (Fsp3) is 0.0789.